The van der Waals surface area contributed by atoms with E-state index in [0.717, 1.165) is 0 Å². The fourth-order valence-corrected chi connectivity index (χ4v) is 8.53. The Morgan fingerprint density at radius 2 is 1.27 bits per heavy atom. The van der Waals surface area contributed by atoms with Crippen LogP contribution in [0.15, 0.2) is 121 Å². The zero-order valence-corrected chi connectivity index (χ0v) is 23.8. The Hall–Kier alpha value is -4.60. The first-order valence-corrected chi connectivity index (χ1v) is 15.1. The third kappa shape index (κ3) is 3.13. The van der Waals surface area contributed by atoms with Crippen LogP contribution in [-0.2, 0) is 0 Å². The van der Waals surface area contributed by atoms with Crippen LogP contribution >= 0.6 is 11.3 Å². The van der Waals surface area contributed by atoms with Gasteiger partial charge in [0, 0.05) is 37.2 Å². The van der Waals surface area contributed by atoms with E-state index in [4.69, 9.17) is 0 Å². The molecule has 3 heterocycles. The summed E-state index contributed by atoms with van der Waals surface area (Å²) >= 11 is 1.89. The monoisotopic (exact) mass is 539 g/mol. The van der Waals surface area contributed by atoms with Gasteiger partial charge in [-0.1, -0.05) is 96.5 Å². The number of hydrogen-bond donors (Lipinski definition) is 0. The minimum Gasteiger partial charge on any atom is -0.311 e. The van der Waals surface area contributed by atoms with Crippen LogP contribution in [0.4, 0.5) is 17.1 Å². The van der Waals surface area contributed by atoms with Crippen molar-refractivity contribution in [2.75, 3.05) is 4.90 Å². The van der Waals surface area contributed by atoms with Crippen LogP contribution in [0.3, 0.4) is 0 Å². The lowest BCUT2D eigenvalue weighted by Gasteiger charge is -2.38. The molecule has 2 aliphatic rings. The molecule has 6 aromatic carbocycles. The highest BCUT2D eigenvalue weighted by molar-refractivity contribution is 7.25. The van der Waals surface area contributed by atoms with Crippen LogP contribution in [0.1, 0.15) is 11.1 Å². The fraction of sp³-hybridized carbons (Fsp3) is 0.0526. The van der Waals surface area contributed by atoms with E-state index in [1.54, 1.807) is 0 Å². The van der Waals surface area contributed by atoms with Crippen molar-refractivity contribution >= 4 is 71.7 Å². The summed E-state index contributed by atoms with van der Waals surface area (Å²) in [7, 11) is 0. The lowest BCUT2D eigenvalue weighted by molar-refractivity contribution is 1.24. The molecule has 0 radical (unpaired) electrons. The van der Waals surface area contributed by atoms with E-state index in [9.17, 15) is 0 Å². The predicted molar refractivity (Wildman–Crippen MR) is 179 cm³/mol. The molecule has 3 heteroatoms. The zero-order chi connectivity index (χ0) is 27.2. The van der Waals surface area contributed by atoms with Crippen molar-refractivity contribution in [2.24, 2.45) is 0 Å². The van der Waals surface area contributed by atoms with Gasteiger partial charge in [0.25, 0.3) is 0 Å². The molecule has 0 bridgehead atoms. The van der Waals surface area contributed by atoms with E-state index < -0.39 is 0 Å². The van der Waals surface area contributed by atoms with Gasteiger partial charge in [-0.3, -0.25) is 0 Å². The van der Waals surface area contributed by atoms with Gasteiger partial charge in [-0.25, -0.2) is 0 Å². The van der Waals surface area contributed by atoms with Crippen LogP contribution in [-0.4, -0.2) is 6.71 Å². The first-order valence-electron chi connectivity index (χ1n) is 14.3. The highest BCUT2D eigenvalue weighted by Gasteiger charge is 2.43. The van der Waals surface area contributed by atoms with E-state index in [-0.39, 0.29) is 6.71 Å². The summed E-state index contributed by atoms with van der Waals surface area (Å²) in [5.41, 5.74) is 16.0. The minimum atomic E-state index is 0.234. The molecule has 0 amide bonds. The van der Waals surface area contributed by atoms with E-state index in [2.05, 4.69) is 140 Å². The molecule has 0 spiro atoms. The average Bonchev–Trinajstić information content (AvgIpc) is 3.55. The van der Waals surface area contributed by atoms with E-state index in [0.29, 0.717) is 0 Å². The minimum absolute atomic E-state index is 0.234. The largest absolute Gasteiger partial charge is 0.311 e. The Morgan fingerprint density at radius 3 is 2.20 bits per heavy atom. The van der Waals surface area contributed by atoms with Crippen LogP contribution in [0.2, 0.25) is 0 Å². The second kappa shape index (κ2) is 8.45. The lowest BCUT2D eigenvalue weighted by atomic mass is 9.37. The number of anilines is 3. The second-order valence-electron chi connectivity index (χ2n) is 11.4. The average molecular weight is 540 g/mol. The predicted octanol–water partition coefficient (Wildman–Crippen LogP) is 8.62. The molecule has 0 fully saturated rings. The summed E-state index contributed by atoms with van der Waals surface area (Å²) in [5.74, 6) is 0. The fourth-order valence-electron chi connectivity index (χ4n) is 7.40. The zero-order valence-electron chi connectivity index (χ0n) is 23.0. The van der Waals surface area contributed by atoms with Gasteiger partial charge < -0.3 is 4.90 Å². The SMILES string of the molecule is Cc1ccccc1N1c2cc(-c3cccc4sc5ccccc5c34)cc3c2B(c2ccccc2-3)c2cccc(C)c21. The quantitative estimate of drug-likeness (QED) is 0.199. The molecule has 41 heavy (non-hydrogen) atoms. The summed E-state index contributed by atoms with van der Waals surface area (Å²) in [6, 6.07) is 45.3. The van der Waals surface area contributed by atoms with Crippen LogP contribution < -0.4 is 21.3 Å². The maximum Gasteiger partial charge on any atom is 0.248 e. The topological polar surface area (TPSA) is 3.24 Å². The molecule has 0 aliphatic carbocycles. The van der Waals surface area contributed by atoms with Crippen molar-refractivity contribution in [2.45, 2.75) is 13.8 Å². The molecule has 0 atom stereocenters. The number of rotatable bonds is 2. The highest BCUT2D eigenvalue weighted by Crippen LogP contribution is 2.46. The molecule has 9 rings (SSSR count). The van der Waals surface area contributed by atoms with Crippen molar-refractivity contribution in [3.05, 3.63) is 132 Å². The second-order valence-corrected chi connectivity index (χ2v) is 12.5. The Labute approximate surface area is 244 Å². The molecule has 0 saturated heterocycles. The summed E-state index contributed by atoms with van der Waals surface area (Å²) < 4.78 is 2.68. The first-order chi connectivity index (χ1) is 20.2. The summed E-state index contributed by atoms with van der Waals surface area (Å²) in [4.78, 5) is 2.55. The molecule has 1 nitrogen and oxygen atoms in total. The lowest BCUT2D eigenvalue weighted by Crippen LogP contribution is -2.55. The summed E-state index contributed by atoms with van der Waals surface area (Å²) in [6.45, 7) is 4.73. The highest BCUT2D eigenvalue weighted by atomic mass is 32.1. The van der Waals surface area contributed by atoms with Gasteiger partial charge in [-0.15, -0.1) is 11.3 Å². The van der Waals surface area contributed by atoms with E-state index in [1.165, 1.54) is 87.0 Å². The maximum absolute atomic E-state index is 2.55. The van der Waals surface area contributed by atoms with Crippen LogP contribution in [0.25, 0.3) is 42.4 Å². The van der Waals surface area contributed by atoms with Gasteiger partial charge in [0.1, 0.15) is 0 Å². The molecule has 0 N–H and O–H groups in total. The summed E-state index contributed by atoms with van der Waals surface area (Å²) in [6.07, 6.45) is 0. The summed E-state index contributed by atoms with van der Waals surface area (Å²) in [5, 5.41) is 2.70. The van der Waals surface area contributed by atoms with Crippen molar-refractivity contribution in [3.8, 4) is 22.3 Å². The van der Waals surface area contributed by atoms with Crippen LogP contribution in [0, 0.1) is 13.8 Å². The number of para-hydroxylation sites is 2. The first kappa shape index (κ1) is 23.1. The molecule has 2 aliphatic heterocycles. The van der Waals surface area contributed by atoms with E-state index in [1.807, 2.05) is 11.3 Å². The van der Waals surface area contributed by atoms with Gasteiger partial charge in [0.2, 0.25) is 6.71 Å². The molecule has 0 unspecified atom stereocenters. The van der Waals surface area contributed by atoms with E-state index >= 15 is 0 Å². The standard InChI is InChI=1S/C38H26BNS/c1-23-11-3-7-18-32(23)40-33-22-25(26-15-10-20-35-36(26)28-14-5-8-19-34(28)41-35)21-29-27-13-4-6-16-30(27)39(37(29)33)31-17-9-12-24(2)38(31)40/h3-22H,1-2H3. The van der Waals surface area contributed by atoms with Gasteiger partial charge in [0.05, 0.1) is 0 Å². The molecule has 7 aromatic rings. The third-order valence-electron chi connectivity index (χ3n) is 9.12. The van der Waals surface area contributed by atoms with Gasteiger partial charge in [0.15, 0.2) is 0 Å². The number of hydrogen-bond acceptors (Lipinski definition) is 2. The normalized spacial score (nSPS) is 13.0. The molecular formula is C38H26BNS. The Balaban J connectivity index is 1.43. The smallest absolute Gasteiger partial charge is 0.248 e. The van der Waals surface area contributed by atoms with Gasteiger partial charge in [-0.2, -0.15) is 0 Å². The molecule has 192 valence electrons. The number of aryl methyl sites for hydroxylation is 2. The molecule has 1 aromatic heterocycles. The number of thiophene rings is 1. The van der Waals surface area contributed by atoms with Gasteiger partial charge >= 0.3 is 0 Å². The number of benzene rings is 6. The Kier molecular flexibility index (Phi) is 4.77. The molecule has 0 saturated carbocycles. The van der Waals surface area contributed by atoms with Gasteiger partial charge in [-0.05, 0) is 88.5 Å². The molecular weight excluding hydrogens is 513 g/mol. The van der Waals surface area contributed by atoms with Crippen molar-refractivity contribution < 1.29 is 0 Å². The van der Waals surface area contributed by atoms with Crippen molar-refractivity contribution in [3.63, 3.8) is 0 Å². The van der Waals surface area contributed by atoms with Crippen LogP contribution in [0.5, 0.6) is 0 Å². The Morgan fingerprint density at radius 1 is 0.561 bits per heavy atom. The number of nitrogens with zero attached hydrogens (tertiary/aromatic N) is 1. The number of fused-ring (bicyclic) bond motifs is 8. The maximum atomic E-state index is 2.55. The third-order valence-corrected chi connectivity index (χ3v) is 10.3. The van der Waals surface area contributed by atoms with Crippen molar-refractivity contribution in [1.82, 2.24) is 0 Å². The Bertz CT molecular complexity index is 2210. The van der Waals surface area contributed by atoms with Crippen molar-refractivity contribution in [1.29, 1.82) is 0 Å².